The van der Waals surface area contributed by atoms with Gasteiger partial charge in [0.25, 0.3) is 0 Å². The van der Waals surface area contributed by atoms with E-state index in [1.54, 1.807) is 24.3 Å². The maximum Gasteiger partial charge on any atom is 0.235 e. The Morgan fingerprint density at radius 3 is 2.38 bits per heavy atom. The zero-order valence-electron chi connectivity index (χ0n) is 16.8. The lowest BCUT2D eigenvalue weighted by molar-refractivity contribution is -0.312. The Hall–Kier alpha value is -3.48. The summed E-state index contributed by atoms with van der Waals surface area (Å²) in [5, 5.41) is 11.5. The number of carboxylic acid groups (broad SMARTS) is 1. The fourth-order valence-electron chi connectivity index (χ4n) is 3.13. The summed E-state index contributed by atoms with van der Waals surface area (Å²) >= 11 is 0. The van der Waals surface area contributed by atoms with Crippen molar-refractivity contribution < 1.29 is 28.5 Å². The standard InChI is InChI=1S/C22H22O7/c1-11-8-12(2)19-15(9-11)18(23)21(28-13(3)22(24)25)20(29-19)14-6-7-16(26-4)17(10-14)27-5/h6-10,13H,1-5H3,(H,24,25)/p-1/t13-/m0/s1. The number of ether oxygens (including phenoxy) is 3. The number of rotatable bonds is 6. The maximum absolute atomic E-state index is 13.2. The van der Waals surface area contributed by atoms with Crippen LogP contribution < -0.4 is 24.7 Å². The number of carbonyl (C=O) groups is 1. The molecule has 3 aromatic rings. The lowest BCUT2D eigenvalue weighted by atomic mass is 10.0. The van der Waals surface area contributed by atoms with Crippen molar-refractivity contribution in [3.05, 3.63) is 51.7 Å². The van der Waals surface area contributed by atoms with Gasteiger partial charge < -0.3 is 28.5 Å². The van der Waals surface area contributed by atoms with Gasteiger partial charge in [0.05, 0.1) is 25.6 Å². The van der Waals surface area contributed by atoms with Crippen LogP contribution in [0.25, 0.3) is 22.3 Å². The van der Waals surface area contributed by atoms with Crippen LogP contribution in [0.4, 0.5) is 0 Å². The fraction of sp³-hybridized carbons (Fsp3) is 0.273. The summed E-state index contributed by atoms with van der Waals surface area (Å²) < 4.78 is 22.1. The smallest absolute Gasteiger partial charge is 0.235 e. The van der Waals surface area contributed by atoms with Crippen LogP contribution in [0.15, 0.2) is 39.5 Å². The summed E-state index contributed by atoms with van der Waals surface area (Å²) in [4.78, 5) is 24.4. The highest BCUT2D eigenvalue weighted by atomic mass is 16.5. The van der Waals surface area contributed by atoms with Gasteiger partial charge in [-0.05, 0) is 56.2 Å². The lowest BCUT2D eigenvalue weighted by Gasteiger charge is -2.18. The molecular formula is C22H21O7-. The molecule has 0 aliphatic heterocycles. The summed E-state index contributed by atoms with van der Waals surface area (Å²) in [5.74, 6) is -0.623. The molecule has 0 saturated heterocycles. The number of hydrogen-bond acceptors (Lipinski definition) is 7. The molecule has 0 bridgehead atoms. The molecule has 7 heteroatoms. The Bertz CT molecular complexity index is 1140. The number of fused-ring (bicyclic) bond motifs is 1. The molecule has 2 aromatic carbocycles. The van der Waals surface area contributed by atoms with Gasteiger partial charge in [0.15, 0.2) is 17.3 Å². The van der Waals surface area contributed by atoms with Gasteiger partial charge in [-0.15, -0.1) is 0 Å². The predicted octanol–water partition coefficient (Wildman–Crippen LogP) is 2.61. The molecule has 0 aliphatic rings. The predicted molar refractivity (Wildman–Crippen MR) is 106 cm³/mol. The number of aryl methyl sites for hydroxylation is 2. The second-order valence-electron chi connectivity index (χ2n) is 6.70. The Labute approximate surface area is 167 Å². The van der Waals surface area contributed by atoms with Crippen molar-refractivity contribution in [2.75, 3.05) is 14.2 Å². The Morgan fingerprint density at radius 2 is 1.76 bits per heavy atom. The van der Waals surface area contributed by atoms with Gasteiger partial charge in [0, 0.05) is 5.56 Å². The van der Waals surface area contributed by atoms with E-state index >= 15 is 0 Å². The highest BCUT2D eigenvalue weighted by Crippen LogP contribution is 2.37. The van der Waals surface area contributed by atoms with E-state index in [-0.39, 0.29) is 11.5 Å². The molecule has 152 valence electrons. The van der Waals surface area contributed by atoms with Crippen LogP contribution in [0.2, 0.25) is 0 Å². The SMILES string of the molecule is COc1ccc(-c2oc3c(C)cc(C)cc3c(=O)c2O[C@@H](C)C(=O)[O-])cc1OC. The van der Waals surface area contributed by atoms with Crippen molar-refractivity contribution in [2.24, 2.45) is 0 Å². The number of aliphatic carboxylic acids is 1. The van der Waals surface area contributed by atoms with E-state index in [1.807, 2.05) is 19.9 Å². The fourth-order valence-corrected chi connectivity index (χ4v) is 3.13. The van der Waals surface area contributed by atoms with E-state index in [0.717, 1.165) is 11.1 Å². The van der Waals surface area contributed by atoms with E-state index in [2.05, 4.69) is 0 Å². The van der Waals surface area contributed by atoms with Gasteiger partial charge >= 0.3 is 0 Å². The molecule has 29 heavy (non-hydrogen) atoms. The number of carbonyl (C=O) groups excluding carboxylic acids is 1. The summed E-state index contributed by atoms with van der Waals surface area (Å²) in [6.07, 6.45) is -1.35. The van der Waals surface area contributed by atoms with Crippen LogP contribution in [0.3, 0.4) is 0 Å². The normalized spacial score (nSPS) is 11.9. The summed E-state index contributed by atoms with van der Waals surface area (Å²) in [5.41, 5.74) is 2.07. The molecule has 0 spiro atoms. The first-order valence-electron chi connectivity index (χ1n) is 8.94. The summed E-state index contributed by atoms with van der Waals surface area (Å²) in [7, 11) is 3.00. The Morgan fingerprint density at radius 1 is 1.07 bits per heavy atom. The maximum atomic E-state index is 13.2. The Kier molecular flexibility index (Phi) is 5.50. The second kappa shape index (κ2) is 7.87. The van der Waals surface area contributed by atoms with Crippen molar-refractivity contribution in [3.63, 3.8) is 0 Å². The first-order valence-corrected chi connectivity index (χ1v) is 8.94. The molecule has 0 N–H and O–H groups in total. The van der Waals surface area contributed by atoms with Gasteiger partial charge in [0.1, 0.15) is 11.7 Å². The largest absolute Gasteiger partial charge is 0.546 e. The molecule has 0 saturated carbocycles. The average molecular weight is 397 g/mol. The van der Waals surface area contributed by atoms with Gasteiger partial charge in [-0.3, -0.25) is 4.79 Å². The van der Waals surface area contributed by atoms with Crippen molar-refractivity contribution >= 4 is 16.9 Å². The zero-order chi connectivity index (χ0) is 21.3. The lowest BCUT2D eigenvalue weighted by Crippen LogP contribution is -2.38. The van der Waals surface area contributed by atoms with Crippen LogP contribution in [-0.4, -0.2) is 26.3 Å². The van der Waals surface area contributed by atoms with E-state index in [4.69, 9.17) is 18.6 Å². The van der Waals surface area contributed by atoms with Gasteiger partial charge in [0.2, 0.25) is 11.2 Å². The number of methoxy groups -OCH3 is 2. The zero-order valence-corrected chi connectivity index (χ0v) is 16.8. The third-order valence-electron chi connectivity index (χ3n) is 4.55. The molecule has 0 unspecified atom stereocenters. The molecule has 0 aliphatic carbocycles. The minimum Gasteiger partial charge on any atom is -0.546 e. The summed E-state index contributed by atoms with van der Waals surface area (Å²) in [6, 6.07) is 8.54. The van der Waals surface area contributed by atoms with E-state index in [0.29, 0.717) is 28.0 Å². The first-order chi connectivity index (χ1) is 13.8. The molecule has 0 fully saturated rings. The van der Waals surface area contributed by atoms with Gasteiger partial charge in [-0.2, -0.15) is 0 Å². The minimum absolute atomic E-state index is 0.100. The number of benzene rings is 2. The summed E-state index contributed by atoms with van der Waals surface area (Å²) in [6.45, 7) is 4.98. The molecule has 3 rings (SSSR count). The monoisotopic (exact) mass is 397 g/mol. The molecule has 1 heterocycles. The molecule has 0 amide bonds. The van der Waals surface area contributed by atoms with Gasteiger partial charge in [-0.25, -0.2) is 0 Å². The molecule has 1 aromatic heterocycles. The first kappa shape index (κ1) is 20.3. The van der Waals surface area contributed by atoms with Crippen molar-refractivity contribution in [2.45, 2.75) is 26.9 Å². The quantitative estimate of drug-likeness (QED) is 0.630. The highest BCUT2D eigenvalue weighted by molar-refractivity contribution is 5.85. The number of carboxylic acids is 1. The molecule has 1 atom stereocenters. The molecular weight excluding hydrogens is 376 g/mol. The second-order valence-corrected chi connectivity index (χ2v) is 6.70. The van der Waals surface area contributed by atoms with Gasteiger partial charge in [-0.1, -0.05) is 6.07 Å². The van der Waals surface area contributed by atoms with Crippen LogP contribution in [0, 0.1) is 13.8 Å². The molecule has 0 radical (unpaired) electrons. The molecule has 7 nitrogen and oxygen atoms in total. The number of hydrogen-bond donors (Lipinski definition) is 0. The van der Waals surface area contributed by atoms with Crippen LogP contribution in [0.1, 0.15) is 18.1 Å². The third kappa shape index (κ3) is 3.76. The minimum atomic E-state index is -1.44. The van der Waals surface area contributed by atoms with E-state index < -0.39 is 17.5 Å². The Balaban J connectivity index is 2.34. The van der Waals surface area contributed by atoms with E-state index in [1.165, 1.54) is 21.1 Å². The van der Waals surface area contributed by atoms with Crippen molar-refractivity contribution in [1.29, 1.82) is 0 Å². The van der Waals surface area contributed by atoms with Crippen LogP contribution in [0.5, 0.6) is 17.2 Å². The highest BCUT2D eigenvalue weighted by Gasteiger charge is 2.22. The topological polar surface area (TPSA) is 98.0 Å². The average Bonchev–Trinajstić information content (AvgIpc) is 2.69. The van der Waals surface area contributed by atoms with Crippen molar-refractivity contribution in [3.8, 4) is 28.6 Å². The van der Waals surface area contributed by atoms with E-state index in [9.17, 15) is 14.7 Å². The van der Waals surface area contributed by atoms with Crippen LogP contribution in [-0.2, 0) is 4.79 Å². The van der Waals surface area contributed by atoms with Crippen molar-refractivity contribution in [1.82, 2.24) is 0 Å². The third-order valence-corrected chi connectivity index (χ3v) is 4.55. The van der Waals surface area contributed by atoms with Crippen LogP contribution >= 0.6 is 0 Å².